The van der Waals surface area contributed by atoms with Gasteiger partial charge < -0.3 is 4.90 Å². The van der Waals surface area contributed by atoms with Crippen LogP contribution in [0.4, 0.5) is 0 Å². The first-order chi connectivity index (χ1) is 9.99. The second-order valence-electron chi connectivity index (χ2n) is 8.85. The summed E-state index contributed by atoms with van der Waals surface area (Å²) < 4.78 is 0. The lowest BCUT2D eigenvalue weighted by atomic mass is 9.63. The smallest absolute Gasteiger partial charge is 0.0120 e. The maximum atomic E-state index is 2.83. The van der Waals surface area contributed by atoms with Crippen LogP contribution in [0.25, 0.3) is 0 Å². The van der Waals surface area contributed by atoms with E-state index < -0.39 is 0 Å². The Hall–Kier alpha value is -0.0800. The molecule has 122 valence electrons. The summed E-state index contributed by atoms with van der Waals surface area (Å²) in [6, 6.07) is 1.63. The van der Waals surface area contributed by atoms with Crippen LogP contribution in [0, 0.1) is 17.3 Å². The van der Waals surface area contributed by atoms with Crippen LogP contribution in [0.1, 0.15) is 66.2 Å². The maximum absolute atomic E-state index is 2.83. The number of nitrogens with zero attached hydrogens (tertiary/aromatic N) is 2. The van der Waals surface area contributed by atoms with Gasteiger partial charge in [-0.3, -0.25) is 4.90 Å². The van der Waals surface area contributed by atoms with E-state index in [0.717, 1.165) is 29.3 Å². The van der Waals surface area contributed by atoms with Gasteiger partial charge in [-0.1, -0.05) is 13.8 Å². The molecule has 1 spiro atoms. The molecule has 3 fully saturated rings. The van der Waals surface area contributed by atoms with Crippen molar-refractivity contribution in [2.45, 2.75) is 78.3 Å². The van der Waals surface area contributed by atoms with Gasteiger partial charge in [0.25, 0.3) is 0 Å². The zero-order chi connectivity index (χ0) is 15.0. The van der Waals surface area contributed by atoms with E-state index in [1.807, 2.05) is 0 Å². The average Bonchev–Trinajstić information content (AvgIpc) is 2.45. The summed E-state index contributed by atoms with van der Waals surface area (Å²) >= 11 is 0. The van der Waals surface area contributed by atoms with E-state index in [1.54, 1.807) is 0 Å². The van der Waals surface area contributed by atoms with Gasteiger partial charge in [-0.25, -0.2) is 0 Å². The second kappa shape index (κ2) is 6.20. The third-order valence-electron chi connectivity index (χ3n) is 6.86. The standard InChI is InChI=1S/C19H36N2/c1-15(2)17-5-9-19(10-6-17)13-21(14-19)18-7-11-20(12-8-18)16(3)4/h15-18H,5-14H2,1-4H3. The monoisotopic (exact) mass is 292 g/mol. The Balaban J connectivity index is 1.42. The molecule has 0 aromatic carbocycles. The molecule has 2 saturated heterocycles. The minimum atomic E-state index is 0.736. The predicted octanol–water partition coefficient (Wildman–Crippen LogP) is 4.01. The van der Waals surface area contributed by atoms with Crippen molar-refractivity contribution in [2.24, 2.45) is 17.3 Å². The van der Waals surface area contributed by atoms with Gasteiger partial charge in [0.2, 0.25) is 0 Å². The highest BCUT2D eigenvalue weighted by Crippen LogP contribution is 2.48. The second-order valence-corrected chi connectivity index (χ2v) is 8.85. The molecule has 2 nitrogen and oxygen atoms in total. The van der Waals surface area contributed by atoms with Gasteiger partial charge in [-0.2, -0.15) is 0 Å². The zero-order valence-electron chi connectivity index (χ0n) is 14.8. The Morgan fingerprint density at radius 1 is 0.857 bits per heavy atom. The number of hydrogen-bond acceptors (Lipinski definition) is 2. The molecule has 1 aliphatic carbocycles. The third-order valence-corrected chi connectivity index (χ3v) is 6.86. The Morgan fingerprint density at radius 2 is 1.43 bits per heavy atom. The van der Waals surface area contributed by atoms with Crippen LogP contribution in [-0.4, -0.2) is 48.1 Å². The molecule has 2 heteroatoms. The van der Waals surface area contributed by atoms with E-state index in [1.165, 1.54) is 64.7 Å². The Labute approximate surface area is 132 Å². The average molecular weight is 293 g/mol. The molecule has 0 bridgehead atoms. The van der Waals surface area contributed by atoms with E-state index in [9.17, 15) is 0 Å². The SMILES string of the molecule is CC(C)C1CCC2(CC1)CN(C1CCN(C(C)C)CC1)C2. The summed E-state index contributed by atoms with van der Waals surface area (Å²) in [5, 5.41) is 0. The van der Waals surface area contributed by atoms with Gasteiger partial charge in [-0.05, 0) is 82.7 Å². The molecular formula is C19H36N2. The van der Waals surface area contributed by atoms with E-state index in [-0.39, 0.29) is 0 Å². The summed E-state index contributed by atoms with van der Waals surface area (Å²) in [6.07, 6.45) is 8.83. The van der Waals surface area contributed by atoms with E-state index >= 15 is 0 Å². The lowest BCUT2D eigenvalue weighted by Gasteiger charge is -2.57. The highest BCUT2D eigenvalue weighted by Gasteiger charge is 2.47. The largest absolute Gasteiger partial charge is 0.301 e. The van der Waals surface area contributed by atoms with Crippen molar-refractivity contribution in [3.63, 3.8) is 0 Å². The molecule has 2 aliphatic heterocycles. The molecule has 0 atom stereocenters. The summed E-state index contributed by atoms with van der Waals surface area (Å²) in [5.74, 6) is 1.91. The van der Waals surface area contributed by atoms with Crippen LogP contribution >= 0.6 is 0 Å². The summed E-state index contributed by atoms with van der Waals surface area (Å²) in [4.78, 5) is 5.48. The first-order valence-electron chi connectivity index (χ1n) is 9.47. The van der Waals surface area contributed by atoms with Gasteiger partial charge in [0.05, 0.1) is 0 Å². The Kier molecular flexibility index (Phi) is 4.66. The van der Waals surface area contributed by atoms with Gasteiger partial charge in [0, 0.05) is 25.2 Å². The number of rotatable bonds is 3. The van der Waals surface area contributed by atoms with Crippen molar-refractivity contribution < 1.29 is 0 Å². The lowest BCUT2D eigenvalue weighted by Crippen LogP contribution is -2.62. The lowest BCUT2D eigenvalue weighted by molar-refractivity contribution is -0.0788. The van der Waals surface area contributed by atoms with Crippen LogP contribution in [0.2, 0.25) is 0 Å². The molecule has 0 radical (unpaired) electrons. The Bertz CT molecular complexity index is 325. The number of piperidine rings is 1. The predicted molar refractivity (Wildman–Crippen MR) is 90.5 cm³/mol. The highest BCUT2D eigenvalue weighted by molar-refractivity contribution is 5.01. The first-order valence-corrected chi connectivity index (χ1v) is 9.47. The molecule has 3 rings (SSSR count). The van der Waals surface area contributed by atoms with E-state index in [2.05, 4.69) is 37.5 Å². The first kappa shape index (κ1) is 15.8. The van der Waals surface area contributed by atoms with Gasteiger partial charge in [-0.15, -0.1) is 0 Å². The number of hydrogen-bond donors (Lipinski definition) is 0. The third kappa shape index (κ3) is 3.32. The Morgan fingerprint density at radius 3 is 1.90 bits per heavy atom. The van der Waals surface area contributed by atoms with Crippen molar-refractivity contribution >= 4 is 0 Å². The van der Waals surface area contributed by atoms with Crippen molar-refractivity contribution in [2.75, 3.05) is 26.2 Å². The normalized spacial score (nSPS) is 29.4. The van der Waals surface area contributed by atoms with Crippen molar-refractivity contribution in [3.8, 4) is 0 Å². The zero-order valence-corrected chi connectivity index (χ0v) is 14.8. The molecule has 1 saturated carbocycles. The quantitative estimate of drug-likeness (QED) is 0.775. The fourth-order valence-electron chi connectivity index (χ4n) is 5.08. The van der Waals surface area contributed by atoms with Crippen molar-refractivity contribution in [1.82, 2.24) is 9.80 Å². The van der Waals surface area contributed by atoms with Crippen LogP contribution in [0.3, 0.4) is 0 Å². The van der Waals surface area contributed by atoms with Gasteiger partial charge in [0.1, 0.15) is 0 Å². The number of likely N-dealkylation sites (tertiary alicyclic amines) is 2. The minimum Gasteiger partial charge on any atom is -0.301 e. The summed E-state index contributed by atoms with van der Waals surface area (Å²) in [6.45, 7) is 15.0. The molecule has 0 aromatic rings. The molecule has 0 unspecified atom stereocenters. The molecular weight excluding hydrogens is 256 g/mol. The fraction of sp³-hybridized carbons (Fsp3) is 1.00. The van der Waals surface area contributed by atoms with Gasteiger partial charge in [0.15, 0.2) is 0 Å². The van der Waals surface area contributed by atoms with E-state index in [0.29, 0.717) is 0 Å². The maximum Gasteiger partial charge on any atom is 0.0120 e. The molecule has 21 heavy (non-hydrogen) atoms. The molecule has 2 heterocycles. The van der Waals surface area contributed by atoms with E-state index in [4.69, 9.17) is 0 Å². The molecule has 0 aromatic heterocycles. The van der Waals surface area contributed by atoms with Crippen molar-refractivity contribution in [3.05, 3.63) is 0 Å². The molecule has 3 aliphatic rings. The van der Waals surface area contributed by atoms with Crippen LogP contribution in [0.5, 0.6) is 0 Å². The summed E-state index contributed by atoms with van der Waals surface area (Å²) in [5.41, 5.74) is 0.737. The van der Waals surface area contributed by atoms with Crippen LogP contribution < -0.4 is 0 Å². The fourth-order valence-corrected chi connectivity index (χ4v) is 5.08. The van der Waals surface area contributed by atoms with Crippen LogP contribution in [-0.2, 0) is 0 Å². The topological polar surface area (TPSA) is 6.48 Å². The minimum absolute atomic E-state index is 0.736. The van der Waals surface area contributed by atoms with Gasteiger partial charge >= 0.3 is 0 Å². The van der Waals surface area contributed by atoms with Crippen LogP contribution in [0.15, 0.2) is 0 Å². The molecule has 0 N–H and O–H groups in total. The van der Waals surface area contributed by atoms with Crippen molar-refractivity contribution in [1.29, 1.82) is 0 Å². The highest BCUT2D eigenvalue weighted by atomic mass is 15.3. The summed E-state index contributed by atoms with van der Waals surface area (Å²) in [7, 11) is 0. The molecule has 0 amide bonds.